The smallest absolute Gasteiger partial charge is 0.269 e. The third kappa shape index (κ3) is 3.89. The first kappa shape index (κ1) is 15.2. The van der Waals surface area contributed by atoms with Gasteiger partial charge >= 0.3 is 0 Å². The quantitative estimate of drug-likeness (QED) is 0.667. The third-order valence-electron chi connectivity index (χ3n) is 3.56. The van der Waals surface area contributed by atoms with Crippen molar-refractivity contribution in [2.45, 2.75) is 32.3 Å². The van der Waals surface area contributed by atoms with Crippen molar-refractivity contribution in [3.05, 3.63) is 75.3 Å². The second-order valence-electron chi connectivity index (χ2n) is 5.46. The van der Waals surface area contributed by atoms with Crippen molar-refractivity contribution in [1.29, 1.82) is 0 Å². The lowest BCUT2D eigenvalue weighted by atomic mass is 9.97. The Morgan fingerprint density at radius 2 is 1.52 bits per heavy atom. The van der Waals surface area contributed by atoms with E-state index < -0.39 is 11.0 Å². The van der Waals surface area contributed by atoms with Crippen molar-refractivity contribution in [2.24, 2.45) is 0 Å². The molecule has 0 aromatic heterocycles. The maximum absolute atomic E-state index is 10.6. The summed E-state index contributed by atoms with van der Waals surface area (Å²) in [7, 11) is 0. The van der Waals surface area contributed by atoms with Crippen LogP contribution < -0.4 is 0 Å². The number of non-ortho nitro benzene ring substituents is 1. The van der Waals surface area contributed by atoms with E-state index >= 15 is 0 Å². The van der Waals surface area contributed by atoms with Crippen LogP contribution in [0.1, 0.15) is 42.6 Å². The molecule has 0 fully saturated rings. The molecule has 2 aromatic rings. The van der Waals surface area contributed by atoms with Gasteiger partial charge in [0.15, 0.2) is 0 Å². The van der Waals surface area contributed by atoms with E-state index in [9.17, 15) is 15.2 Å². The van der Waals surface area contributed by atoms with E-state index in [0.29, 0.717) is 12.3 Å². The fraction of sp³-hybridized carbons (Fsp3) is 0.294. The SMILES string of the molecule is CC(C)c1ccc(C(O)Cc2ccc([N+](=O)[O-])cc2)cc1. The van der Waals surface area contributed by atoms with Crippen LogP contribution in [0.2, 0.25) is 0 Å². The molecule has 0 spiro atoms. The fourth-order valence-electron chi connectivity index (χ4n) is 2.20. The van der Waals surface area contributed by atoms with E-state index in [-0.39, 0.29) is 5.69 Å². The first-order valence-corrected chi connectivity index (χ1v) is 6.98. The number of hydrogen-bond donors (Lipinski definition) is 1. The monoisotopic (exact) mass is 285 g/mol. The number of aliphatic hydroxyl groups is 1. The summed E-state index contributed by atoms with van der Waals surface area (Å²) >= 11 is 0. The molecule has 0 bridgehead atoms. The van der Waals surface area contributed by atoms with Crippen LogP contribution in [0.4, 0.5) is 5.69 Å². The number of rotatable bonds is 5. The molecule has 0 radical (unpaired) electrons. The average molecular weight is 285 g/mol. The van der Waals surface area contributed by atoms with Crippen molar-refractivity contribution in [3.8, 4) is 0 Å². The lowest BCUT2D eigenvalue weighted by Gasteiger charge is -2.13. The molecule has 1 atom stereocenters. The molecule has 2 rings (SSSR count). The maximum Gasteiger partial charge on any atom is 0.269 e. The van der Waals surface area contributed by atoms with Crippen LogP contribution in [0.5, 0.6) is 0 Å². The number of nitro benzene ring substituents is 1. The zero-order valence-electron chi connectivity index (χ0n) is 12.2. The number of aliphatic hydroxyl groups excluding tert-OH is 1. The molecule has 0 aliphatic heterocycles. The minimum atomic E-state index is -0.604. The molecule has 4 heteroatoms. The Bertz CT molecular complexity index is 603. The van der Waals surface area contributed by atoms with Gasteiger partial charge in [0.2, 0.25) is 0 Å². The second-order valence-corrected chi connectivity index (χ2v) is 5.46. The summed E-state index contributed by atoms with van der Waals surface area (Å²) in [6.45, 7) is 4.25. The highest BCUT2D eigenvalue weighted by molar-refractivity contribution is 5.34. The number of nitrogens with zero attached hydrogens (tertiary/aromatic N) is 1. The van der Waals surface area contributed by atoms with E-state index in [1.54, 1.807) is 12.1 Å². The Morgan fingerprint density at radius 1 is 1.00 bits per heavy atom. The molecule has 2 aromatic carbocycles. The van der Waals surface area contributed by atoms with Gasteiger partial charge in [-0.2, -0.15) is 0 Å². The van der Waals surface area contributed by atoms with Crippen LogP contribution in [-0.2, 0) is 6.42 Å². The minimum Gasteiger partial charge on any atom is -0.388 e. The van der Waals surface area contributed by atoms with Crippen LogP contribution in [0.3, 0.4) is 0 Å². The van der Waals surface area contributed by atoms with Gasteiger partial charge in [0.25, 0.3) is 5.69 Å². The molecular weight excluding hydrogens is 266 g/mol. The van der Waals surface area contributed by atoms with Crippen molar-refractivity contribution in [2.75, 3.05) is 0 Å². The Hall–Kier alpha value is -2.20. The first-order chi connectivity index (χ1) is 9.97. The van der Waals surface area contributed by atoms with E-state index in [2.05, 4.69) is 13.8 Å². The number of hydrogen-bond acceptors (Lipinski definition) is 3. The van der Waals surface area contributed by atoms with Gasteiger partial charge in [0.05, 0.1) is 11.0 Å². The van der Waals surface area contributed by atoms with Crippen LogP contribution in [0, 0.1) is 10.1 Å². The second kappa shape index (κ2) is 6.50. The van der Waals surface area contributed by atoms with Gasteiger partial charge in [-0.05, 0) is 22.6 Å². The van der Waals surface area contributed by atoms with Crippen molar-refractivity contribution >= 4 is 5.69 Å². The molecule has 1 N–H and O–H groups in total. The van der Waals surface area contributed by atoms with Crippen LogP contribution in [0.25, 0.3) is 0 Å². The van der Waals surface area contributed by atoms with Crippen LogP contribution >= 0.6 is 0 Å². The molecule has 1 unspecified atom stereocenters. The molecule has 0 aliphatic carbocycles. The third-order valence-corrected chi connectivity index (χ3v) is 3.56. The van der Waals surface area contributed by atoms with Gasteiger partial charge in [0.1, 0.15) is 0 Å². The standard InChI is InChI=1S/C17H19NO3/c1-12(2)14-5-7-15(8-6-14)17(19)11-13-3-9-16(10-4-13)18(20)21/h3-10,12,17,19H,11H2,1-2H3. The molecule has 0 saturated heterocycles. The molecule has 0 saturated carbocycles. The highest BCUT2D eigenvalue weighted by atomic mass is 16.6. The Labute approximate surface area is 124 Å². The van der Waals surface area contributed by atoms with Gasteiger partial charge in [-0.1, -0.05) is 50.2 Å². The summed E-state index contributed by atoms with van der Waals surface area (Å²) in [5, 5.41) is 20.8. The summed E-state index contributed by atoms with van der Waals surface area (Å²) in [4.78, 5) is 10.2. The zero-order valence-corrected chi connectivity index (χ0v) is 12.2. The van der Waals surface area contributed by atoms with Crippen molar-refractivity contribution in [1.82, 2.24) is 0 Å². The molecule has 0 amide bonds. The van der Waals surface area contributed by atoms with Gasteiger partial charge in [-0.25, -0.2) is 0 Å². The summed E-state index contributed by atoms with van der Waals surface area (Å²) < 4.78 is 0. The van der Waals surface area contributed by atoms with Crippen molar-refractivity contribution in [3.63, 3.8) is 0 Å². The Kier molecular flexibility index (Phi) is 4.70. The van der Waals surface area contributed by atoms with Crippen molar-refractivity contribution < 1.29 is 10.0 Å². The number of nitro groups is 1. The predicted molar refractivity (Wildman–Crippen MR) is 82.3 cm³/mol. The predicted octanol–water partition coefficient (Wildman–Crippen LogP) is 3.99. The normalized spacial score (nSPS) is 12.4. The van der Waals surface area contributed by atoms with E-state index in [1.807, 2.05) is 24.3 Å². The summed E-state index contributed by atoms with van der Waals surface area (Å²) in [5.41, 5.74) is 3.04. The molecule has 0 heterocycles. The highest BCUT2D eigenvalue weighted by Gasteiger charge is 2.11. The van der Waals surface area contributed by atoms with E-state index in [1.165, 1.54) is 17.7 Å². The van der Waals surface area contributed by atoms with E-state index in [0.717, 1.165) is 11.1 Å². The topological polar surface area (TPSA) is 63.4 Å². The lowest BCUT2D eigenvalue weighted by molar-refractivity contribution is -0.384. The van der Waals surface area contributed by atoms with Gasteiger partial charge < -0.3 is 5.11 Å². The summed E-state index contributed by atoms with van der Waals surface area (Å²) in [6.07, 6.45) is -0.161. The van der Waals surface area contributed by atoms with Gasteiger partial charge in [0, 0.05) is 18.6 Å². The van der Waals surface area contributed by atoms with E-state index in [4.69, 9.17) is 0 Å². The molecule has 4 nitrogen and oxygen atoms in total. The Morgan fingerprint density at radius 3 is 2.00 bits per heavy atom. The molecule has 21 heavy (non-hydrogen) atoms. The van der Waals surface area contributed by atoms with Crippen LogP contribution in [0.15, 0.2) is 48.5 Å². The van der Waals surface area contributed by atoms with Gasteiger partial charge in [-0.3, -0.25) is 10.1 Å². The summed E-state index contributed by atoms with van der Waals surface area (Å²) in [5.74, 6) is 0.464. The molecule has 0 aliphatic rings. The maximum atomic E-state index is 10.6. The fourth-order valence-corrected chi connectivity index (χ4v) is 2.20. The number of benzene rings is 2. The molecule has 110 valence electrons. The zero-order chi connectivity index (χ0) is 15.4. The summed E-state index contributed by atoms with van der Waals surface area (Å²) in [6, 6.07) is 14.2. The lowest BCUT2D eigenvalue weighted by Crippen LogP contribution is -2.02. The van der Waals surface area contributed by atoms with Crippen LogP contribution in [-0.4, -0.2) is 10.0 Å². The van der Waals surface area contributed by atoms with Gasteiger partial charge in [-0.15, -0.1) is 0 Å². The average Bonchev–Trinajstić information content (AvgIpc) is 2.47. The molecular formula is C17H19NO3. The minimum absolute atomic E-state index is 0.0644. The largest absolute Gasteiger partial charge is 0.388 e. The first-order valence-electron chi connectivity index (χ1n) is 6.98. The highest BCUT2D eigenvalue weighted by Crippen LogP contribution is 2.22. The Balaban J connectivity index is 2.06.